The summed E-state index contributed by atoms with van der Waals surface area (Å²) in [7, 11) is -3.97. The van der Waals surface area contributed by atoms with Gasteiger partial charge in [-0.1, -0.05) is 42.5 Å². The fraction of sp³-hybridized carbons (Fsp3) is 0.111. The standard InChI is InChI=1S/C18H15F2NO2S/c1-12(15-8-4-6-13-5-2-3-7-16(13)15)21-24(22,23)14-9-10-17(19)18(20)11-14/h2-12,21H,1H3/t12-/m1/s1. The fourth-order valence-electron chi connectivity index (χ4n) is 2.64. The van der Waals surface area contributed by atoms with Crippen molar-refractivity contribution in [3.63, 3.8) is 0 Å². The summed E-state index contributed by atoms with van der Waals surface area (Å²) in [4.78, 5) is -0.312. The van der Waals surface area contributed by atoms with E-state index in [2.05, 4.69) is 4.72 Å². The number of benzene rings is 3. The second kappa shape index (κ2) is 6.30. The molecular weight excluding hydrogens is 332 g/mol. The Morgan fingerprint density at radius 2 is 1.62 bits per heavy atom. The Bertz CT molecular complexity index is 998. The monoisotopic (exact) mass is 347 g/mol. The van der Waals surface area contributed by atoms with Crippen LogP contribution in [0.2, 0.25) is 0 Å². The predicted molar refractivity (Wildman–Crippen MR) is 89.0 cm³/mol. The molecule has 124 valence electrons. The maximum absolute atomic E-state index is 13.3. The van der Waals surface area contributed by atoms with Gasteiger partial charge in [0.2, 0.25) is 10.0 Å². The molecule has 1 atom stereocenters. The van der Waals surface area contributed by atoms with Crippen molar-refractivity contribution in [3.05, 3.63) is 77.9 Å². The smallest absolute Gasteiger partial charge is 0.207 e. The molecule has 1 N–H and O–H groups in total. The molecule has 0 aromatic heterocycles. The lowest BCUT2D eigenvalue weighted by Crippen LogP contribution is -2.27. The molecular formula is C18H15F2NO2S. The van der Waals surface area contributed by atoms with E-state index in [0.717, 1.165) is 28.5 Å². The van der Waals surface area contributed by atoms with Crippen molar-refractivity contribution in [1.82, 2.24) is 4.72 Å². The third-order valence-corrected chi connectivity index (χ3v) is 5.36. The van der Waals surface area contributed by atoms with E-state index in [4.69, 9.17) is 0 Å². The zero-order valence-corrected chi connectivity index (χ0v) is 13.6. The zero-order valence-electron chi connectivity index (χ0n) is 12.8. The third kappa shape index (κ3) is 3.16. The van der Waals surface area contributed by atoms with E-state index in [1.54, 1.807) is 6.92 Å². The number of rotatable bonds is 4. The zero-order chi connectivity index (χ0) is 17.3. The molecule has 0 heterocycles. The van der Waals surface area contributed by atoms with Gasteiger partial charge in [-0.2, -0.15) is 0 Å². The van der Waals surface area contributed by atoms with Gasteiger partial charge in [0, 0.05) is 6.04 Å². The van der Waals surface area contributed by atoms with Gasteiger partial charge in [-0.15, -0.1) is 0 Å². The lowest BCUT2D eigenvalue weighted by molar-refractivity contribution is 0.503. The van der Waals surface area contributed by atoms with Crippen molar-refractivity contribution in [2.75, 3.05) is 0 Å². The largest absolute Gasteiger partial charge is 0.241 e. The van der Waals surface area contributed by atoms with Gasteiger partial charge in [0.15, 0.2) is 11.6 Å². The summed E-state index contributed by atoms with van der Waals surface area (Å²) in [6.45, 7) is 1.71. The fourth-order valence-corrected chi connectivity index (χ4v) is 3.87. The van der Waals surface area contributed by atoms with Crippen molar-refractivity contribution in [1.29, 1.82) is 0 Å². The van der Waals surface area contributed by atoms with Crippen LogP contribution in [0.25, 0.3) is 10.8 Å². The van der Waals surface area contributed by atoms with E-state index in [1.807, 2.05) is 42.5 Å². The van der Waals surface area contributed by atoms with Gasteiger partial charge in [-0.05, 0) is 41.5 Å². The lowest BCUT2D eigenvalue weighted by atomic mass is 10.0. The van der Waals surface area contributed by atoms with Gasteiger partial charge in [0.1, 0.15) is 0 Å². The van der Waals surface area contributed by atoms with Gasteiger partial charge in [-0.3, -0.25) is 0 Å². The van der Waals surface area contributed by atoms with Crippen LogP contribution in [0, 0.1) is 11.6 Å². The topological polar surface area (TPSA) is 46.2 Å². The average Bonchev–Trinajstić information content (AvgIpc) is 2.56. The Kier molecular flexibility index (Phi) is 4.34. The quantitative estimate of drug-likeness (QED) is 0.770. The number of hydrogen-bond acceptors (Lipinski definition) is 2. The Labute approximate surface area is 139 Å². The van der Waals surface area contributed by atoms with Gasteiger partial charge < -0.3 is 0 Å². The van der Waals surface area contributed by atoms with E-state index >= 15 is 0 Å². The van der Waals surface area contributed by atoms with Crippen LogP contribution in [0.4, 0.5) is 8.78 Å². The Morgan fingerprint density at radius 3 is 2.38 bits per heavy atom. The van der Waals surface area contributed by atoms with Gasteiger partial charge in [0.05, 0.1) is 4.90 Å². The third-order valence-electron chi connectivity index (χ3n) is 3.82. The van der Waals surface area contributed by atoms with Gasteiger partial charge in [-0.25, -0.2) is 21.9 Å². The van der Waals surface area contributed by atoms with Crippen LogP contribution in [0.1, 0.15) is 18.5 Å². The maximum Gasteiger partial charge on any atom is 0.241 e. The van der Waals surface area contributed by atoms with Crippen LogP contribution in [0.3, 0.4) is 0 Å². The number of halogens is 2. The highest BCUT2D eigenvalue weighted by Gasteiger charge is 2.21. The molecule has 24 heavy (non-hydrogen) atoms. The first-order valence-electron chi connectivity index (χ1n) is 7.33. The lowest BCUT2D eigenvalue weighted by Gasteiger charge is -2.17. The molecule has 0 unspecified atom stereocenters. The highest BCUT2D eigenvalue weighted by Crippen LogP contribution is 2.25. The number of nitrogens with one attached hydrogen (secondary N) is 1. The van der Waals surface area contributed by atoms with Crippen molar-refractivity contribution in [2.24, 2.45) is 0 Å². The molecule has 0 fully saturated rings. The summed E-state index contributed by atoms with van der Waals surface area (Å²) >= 11 is 0. The molecule has 0 aliphatic rings. The second-order valence-electron chi connectivity index (χ2n) is 5.49. The minimum absolute atomic E-state index is 0.312. The molecule has 0 bridgehead atoms. The number of hydrogen-bond donors (Lipinski definition) is 1. The van der Waals surface area contributed by atoms with Crippen molar-refractivity contribution in [3.8, 4) is 0 Å². The van der Waals surface area contributed by atoms with Gasteiger partial charge >= 0.3 is 0 Å². The first-order valence-corrected chi connectivity index (χ1v) is 8.82. The van der Waals surface area contributed by atoms with E-state index < -0.39 is 27.7 Å². The molecule has 0 radical (unpaired) electrons. The van der Waals surface area contributed by atoms with Crippen LogP contribution < -0.4 is 4.72 Å². The first kappa shape index (κ1) is 16.5. The molecule has 3 rings (SSSR count). The van der Waals surface area contributed by atoms with Crippen molar-refractivity contribution >= 4 is 20.8 Å². The minimum atomic E-state index is -3.97. The maximum atomic E-state index is 13.3. The van der Waals surface area contributed by atoms with E-state index in [0.29, 0.717) is 6.07 Å². The SMILES string of the molecule is C[C@@H](NS(=O)(=O)c1ccc(F)c(F)c1)c1cccc2ccccc12. The molecule has 0 amide bonds. The summed E-state index contributed by atoms with van der Waals surface area (Å²) in [5.74, 6) is -2.29. The van der Waals surface area contributed by atoms with Crippen LogP contribution in [-0.2, 0) is 10.0 Å². The molecule has 0 saturated heterocycles. The summed E-state index contributed by atoms with van der Waals surface area (Å²) in [5, 5.41) is 1.93. The molecule has 3 aromatic rings. The molecule has 0 aliphatic heterocycles. The van der Waals surface area contributed by atoms with E-state index in [9.17, 15) is 17.2 Å². The summed E-state index contributed by atoms with van der Waals surface area (Å²) in [5.41, 5.74) is 0.805. The Balaban J connectivity index is 1.95. The van der Waals surface area contributed by atoms with Crippen LogP contribution in [0.5, 0.6) is 0 Å². The van der Waals surface area contributed by atoms with Crippen molar-refractivity contribution < 1.29 is 17.2 Å². The minimum Gasteiger partial charge on any atom is -0.207 e. The molecule has 6 heteroatoms. The Hall–Kier alpha value is -2.31. The second-order valence-corrected chi connectivity index (χ2v) is 7.20. The van der Waals surface area contributed by atoms with Gasteiger partial charge in [0.25, 0.3) is 0 Å². The summed E-state index contributed by atoms with van der Waals surface area (Å²) < 4.78 is 53.7. The van der Waals surface area contributed by atoms with Crippen molar-refractivity contribution in [2.45, 2.75) is 17.9 Å². The Morgan fingerprint density at radius 1 is 0.917 bits per heavy atom. The predicted octanol–water partition coefficient (Wildman–Crippen LogP) is 4.16. The first-order chi connectivity index (χ1) is 11.4. The molecule has 0 saturated carbocycles. The van der Waals surface area contributed by atoms with E-state index in [-0.39, 0.29) is 4.90 Å². The normalized spacial score (nSPS) is 13.1. The number of sulfonamides is 1. The van der Waals surface area contributed by atoms with E-state index in [1.165, 1.54) is 0 Å². The number of fused-ring (bicyclic) bond motifs is 1. The highest BCUT2D eigenvalue weighted by molar-refractivity contribution is 7.89. The molecule has 3 nitrogen and oxygen atoms in total. The van der Waals surface area contributed by atoms with Crippen LogP contribution in [-0.4, -0.2) is 8.42 Å². The molecule has 3 aromatic carbocycles. The molecule has 0 aliphatic carbocycles. The van der Waals surface area contributed by atoms with Crippen LogP contribution >= 0.6 is 0 Å². The summed E-state index contributed by atoms with van der Waals surface area (Å²) in [6, 6.07) is 15.2. The summed E-state index contributed by atoms with van der Waals surface area (Å²) in [6.07, 6.45) is 0. The average molecular weight is 347 g/mol. The van der Waals surface area contributed by atoms with Crippen LogP contribution in [0.15, 0.2) is 65.6 Å². The molecule has 0 spiro atoms. The highest BCUT2D eigenvalue weighted by atomic mass is 32.2.